The van der Waals surface area contributed by atoms with Crippen LogP contribution in [0, 0.1) is 6.92 Å². The molecule has 1 fully saturated rings. The topological polar surface area (TPSA) is 73.1 Å². The Morgan fingerprint density at radius 3 is 3.15 bits per heavy atom. The first-order valence-electron chi connectivity index (χ1n) is 8.86. The number of amides is 1. The molecule has 4 heterocycles. The van der Waals surface area contributed by atoms with E-state index in [-0.39, 0.29) is 18.1 Å². The minimum atomic E-state index is 0.0220. The number of carbonyl (C=O) groups excluding carboxylic acids is 1. The Morgan fingerprint density at radius 2 is 2.23 bits per heavy atom. The average Bonchev–Trinajstić information content (AvgIpc) is 3.16. The number of rotatable bonds is 1. The van der Waals surface area contributed by atoms with Gasteiger partial charge in [0.2, 0.25) is 0 Å². The molecule has 3 aromatic rings. The zero-order valence-corrected chi connectivity index (χ0v) is 14.5. The number of benzene rings is 1. The number of hydrogen-bond acceptors (Lipinski definition) is 5. The third-order valence-electron chi connectivity index (χ3n) is 5.34. The van der Waals surface area contributed by atoms with Crippen molar-refractivity contribution in [2.45, 2.75) is 32.1 Å². The molecule has 1 aromatic carbocycles. The fourth-order valence-corrected chi connectivity index (χ4v) is 3.98. The molecule has 2 aromatic heterocycles. The van der Waals surface area contributed by atoms with E-state index in [1.54, 1.807) is 12.4 Å². The van der Waals surface area contributed by atoms with Gasteiger partial charge in [-0.2, -0.15) is 0 Å². The number of nitrogens with zero attached hydrogens (tertiary/aromatic N) is 5. The van der Waals surface area contributed by atoms with Crippen LogP contribution in [-0.2, 0) is 11.3 Å². The predicted molar refractivity (Wildman–Crippen MR) is 94.6 cm³/mol. The Kier molecular flexibility index (Phi) is 3.49. The third-order valence-corrected chi connectivity index (χ3v) is 5.34. The number of ether oxygens (including phenoxy) is 1. The zero-order chi connectivity index (χ0) is 17.7. The van der Waals surface area contributed by atoms with Crippen molar-refractivity contribution < 1.29 is 9.53 Å². The number of piperidine rings is 1. The highest BCUT2D eigenvalue weighted by Crippen LogP contribution is 2.31. The first-order chi connectivity index (χ1) is 12.7. The predicted octanol–water partition coefficient (Wildman–Crippen LogP) is 2.12. The van der Waals surface area contributed by atoms with E-state index in [1.807, 2.05) is 40.8 Å². The molecule has 1 saturated heterocycles. The van der Waals surface area contributed by atoms with Gasteiger partial charge < -0.3 is 9.64 Å². The van der Waals surface area contributed by atoms with Crippen molar-refractivity contribution in [3.05, 3.63) is 53.5 Å². The summed E-state index contributed by atoms with van der Waals surface area (Å²) >= 11 is 0. The van der Waals surface area contributed by atoms with Gasteiger partial charge in [0.15, 0.2) is 0 Å². The van der Waals surface area contributed by atoms with Gasteiger partial charge in [0, 0.05) is 24.7 Å². The largest absolute Gasteiger partial charge is 0.370 e. The second-order valence-corrected chi connectivity index (χ2v) is 7.01. The number of pyridine rings is 1. The fourth-order valence-electron chi connectivity index (χ4n) is 3.98. The zero-order valence-electron chi connectivity index (χ0n) is 14.5. The molecule has 0 bridgehead atoms. The van der Waals surface area contributed by atoms with E-state index in [0.29, 0.717) is 25.3 Å². The fraction of sp³-hybridized carbons (Fsp3) is 0.368. The van der Waals surface area contributed by atoms with Gasteiger partial charge >= 0.3 is 0 Å². The van der Waals surface area contributed by atoms with Crippen molar-refractivity contribution in [1.82, 2.24) is 24.9 Å². The first-order valence-corrected chi connectivity index (χ1v) is 8.86. The Morgan fingerprint density at radius 1 is 1.31 bits per heavy atom. The van der Waals surface area contributed by atoms with Crippen LogP contribution < -0.4 is 0 Å². The lowest BCUT2D eigenvalue weighted by Crippen LogP contribution is -2.49. The molecule has 2 aliphatic heterocycles. The highest BCUT2D eigenvalue weighted by atomic mass is 16.5. The second kappa shape index (κ2) is 5.88. The molecule has 7 nitrogen and oxygen atoms in total. The number of aromatic nitrogens is 4. The maximum atomic E-state index is 13.3. The van der Waals surface area contributed by atoms with Crippen LogP contribution in [0.3, 0.4) is 0 Å². The van der Waals surface area contributed by atoms with Gasteiger partial charge in [-0.05, 0) is 31.5 Å². The first kappa shape index (κ1) is 15.5. The highest BCUT2D eigenvalue weighted by Gasteiger charge is 2.38. The molecule has 26 heavy (non-hydrogen) atoms. The number of carbonyl (C=O) groups is 1. The van der Waals surface area contributed by atoms with Crippen molar-refractivity contribution in [2.75, 3.05) is 13.1 Å². The Hall–Kier alpha value is -2.80. The van der Waals surface area contributed by atoms with E-state index >= 15 is 0 Å². The summed E-state index contributed by atoms with van der Waals surface area (Å²) in [6, 6.07) is 7.84. The van der Waals surface area contributed by atoms with Crippen LogP contribution in [0.15, 0.2) is 36.7 Å². The van der Waals surface area contributed by atoms with Crippen LogP contribution in [0.25, 0.3) is 10.9 Å². The molecule has 0 spiro atoms. The molecule has 0 saturated carbocycles. The number of fused-ring (bicyclic) bond motifs is 4. The average molecular weight is 349 g/mol. The minimum Gasteiger partial charge on any atom is -0.370 e. The smallest absolute Gasteiger partial charge is 0.254 e. The van der Waals surface area contributed by atoms with Crippen molar-refractivity contribution >= 4 is 16.8 Å². The molecule has 0 N–H and O–H groups in total. The summed E-state index contributed by atoms with van der Waals surface area (Å²) in [4.78, 5) is 19.5. The van der Waals surface area contributed by atoms with E-state index in [2.05, 4.69) is 15.3 Å². The molecule has 0 aliphatic carbocycles. The molecule has 7 heteroatoms. The number of aryl methyl sites for hydroxylation is 1. The van der Waals surface area contributed by atoms with Crippen molar-refractivity contribution in [3.8, 4) is 0 Å². The SMILES string of the molecule is Cc1ccc2nccc(C(=O)N3CC[C@@H]4OCc5cnnn5[C@@H]4C3)c2c1. The van der Waals surface area contributed by atoms with Gasteiger partial charge in [-0.3, -0.25) is 9.78 Å². The third kappa shape index (κ3) is 2.39. The monoisotopic (exact) mass is 349 g/mol. The van der Waals surface area contributed by atoms with Gasteiger partial charge in [-0.15, -0.1) is 5.10 Å². The van der Waals surface area contributed by atoms with E-state index < -0.39 is 0 Å². The van der Waals surface area contributed by atoms with E-state index in [1.165, 1.54) is 0 Å². The summed E-state index contributed by atoms with van der Waals surface area (Å²) in [5, 5.41) is 9.11. The molecule has 5 rings (SSSR count). The Balaban J connectivity index is 1.48. The highest BCUT2D eigenvalue weighted by molar-refractivity contribution is 6.06. The molecule has 2 aliphatic rings. The summed E-state index contributed by atoms with van der Waals surface area (Å²) in [5.41, 5.74) is 3.63. The van der Waals surface area contributed by atoms with Gasteiger partial charge in [0.1, 0.15) is 0 Å². The van der Waals surface area contributed by atoms with Crippen molar-refractivity contribution in [2.24, 2.45) is 0 Å². The maximum absolute atomic E-state index is 13.3. The quantitative estimate of drug-likeness (QED) is 0.673. The lowest BCUT2D eigenvalue weighted by Gasteiger charge is -2.41. The van der Waals surface area contributed by atoms with Gasteiger partial charge in [0.05, 0.1) is 41.7 Å². The maximum Gasteiger partial charge on any atom is 0.254 e. The summed E-state index contributed by atoms with van der Waals surface area (Å²) in [7, 11) is 0. The van der Waals surface area contributed by atoms with Crippen LogP contribution in [0.4, 0.5) is 0 Å². The normalized spacial score (nSPS) is 22.1. The standard InChI is InChI=1S/C19H19N5O2/c1-12-2-3-16-15(8-12)14(4-6-20-16)19(25)23-7-5-18-17(10-23)24-13(11-26-18)9-21-22-24/h2-4,6,8-9,17-18H,5,7,10-11H2,1H3/t17-,18+/m1/s1. The summed E-state index contributed by atoms with van der Waals surface area (Å²) in [6.45, 7) is 3.82. The van der Waals surface area contributed by atoms with Gasteiger partial charge in [0.25, 0.3) is 5.91 Å². The lowest BCUT2D eigenvalue weighted by molar-refractivity contribution is -0.0604. The van der Waals surface area contributed by atoms with Crippen LogP contribution in [-0.4, -0.2) is 50.0 Å². The van der Waals surface area contributed by atoms with Crippen molar-refractivity contribution in [1.29, 1.82) is 0 Å². The molecule has 0 unspecified atom stereocenters. The van der Waals surface area contributed by atoms with Crippen molar-refractivity contribution in [3.63, 3.8) is 0 Å². The minimum absolute atomic E-state index is 0.0220. The molecular weight excluding hydrogens is 330 g/mol. The molecule has 132 valence electrons. The molecule has 1 amide bonds. The van der Waals surface area contributed by atoms with Crippen LogP contribution >= 0.6 is 0 Å². The van der Waals surface area contributed by atoms with Crippen LogP contribution in [0.5, 0.6) is 0 Å². The summed E-state index contributed by atoms with van der Waals surface area (Å²) in [5.74, 6) is 0.0358. The molecule has 2 atom stereocenters. The van der Waals surface area contributed by atoms with Gasteiger partial charge in [-0.25, -0.2) is 4.68 Å². The van der Waals surface area contributed by atoms with Gasteiger partial charge in [-0.1, -0.05) is 16.8 Å². The van der Waals surface area contributed by atoms with E-state index in [9.17, 15) is 4.79 Å². The molecular formula is C19H19N5O2. The Bertz CT molecular complexity index is 999. The molecule has 0 radical (unpaired) electrons. The summed E-state index contributed by atoms with van der Waals surface area (Å²) in [6.07, 6.45) is 4.33. The number of likely N-dealkylation sites (tertiary alicyclic amines) is 1. The Labute approximate surface area is 150 Å². The van der Waals surface area contributed by atoms with Crippen LogP contribution in [0.2, 0.25) is 0 Å². The summed E-state index contributed by atoms with van der Waals surface area (Å²) < 4.78 is 7.86. The lowest BCUT2D eigenvalue weighted by atomic mass is 9.98. The van der Waals surface area contributed by atoms with E-state index in [4.69, 9.17) is 4.74 Å². The second-order valence-electron chi connectivity index (χ2n) is 7.01. The van der Waals surface area contributed by atoms with Crippen LogP contribution in [0.1, 0.15) is 34.1 Å². The number of hydrogen-bond donors (Lipinski definition) is 0. The van der Waals surface area contributed by atoms with E-state index in [0.717, 1.165) is 28.6 Å².